The lowest BCUT2D eigenvalue weighted by atomic mass is 9.84. The molecule has 2 bridgehead atoms. The molecule has 0 N–H and O–H groups in total. The second-order valence-electron chi connectivity index (χ2n) is 8.41. The molecule has 3 aliphatic heterocycles. The Kier molecular flexibility index (Phi) is 4.76. The quantitative estimate of drug-likeness (QED) is 0.829. The number of aromatic nitrogens is 2. The first-order valence-corrected chi connectivity index (χ1v) is 10.1. The van der Waals surface area contributed by atoms with Crippen molar-refractivity contribution in [2.45, 2.75) is 65.0 Å². The number of amides is 2. The molecule has 4 fully saturated rings. The number of carbonyl (C=O) groups is 2. The third-order valence-corrected chi connectivity index (χ3v) is 6.44. The summed E-state index contributed by atoms with van der Waals surface area (Å²) in [4.78, 5) is 29.7. The summed E-state index contributed by atoms with van der Waals surface area (Å²) in [6.07, 6.45) is 5.95. The molecule has 2 atom stereocenters. The molecule has 0 aromatic carbocycles. The molecular weight excluding hydrogens is 328 g/mol. The van der Waals surface area contributed by atoms with E-state index < -0.39 is 0 Å². The first-order valence-electron chi connectivity index (χ1n) is 10.1. The molecule has 1 aliphatic carbocycles. The predicted octanol–water partition coefficient (Wildman–Crippen LogP) is 2.14. The Balaban J connectivity index is 1.38. The van der Waals surface area contributed by atoms with Gasteiger partial charge in [0.2, 0.25) is 11.8 Å². The largest absolute Gasteiger partial charge is 0.340 e. The van der Waals surface area contributed by atoms with E-state index in [4.69, 9.17) is 0 Å². The lowest BCUT2D eigenvalue weighted by molar-refractivity contribution is -0.140. The maximum Gasteiger partial charge on any atom is 0.225 e. The fourth-order valence-corrected chi connectivity index (χ4v) is 4.73. The summed E-state index contributed by atoms with van der Waals surface area (Å²) in [6, 6.07) is 2.24. The Hall–Kier alpha value is -1.85. The molecule has 0 unspecified atom stereocenters. The minimum absolute atomic E-state index is 0.200. The van der Waals surface area contributed by atoms with Gasteiger partial charge in [-0.05, 0) is 51.5 Å². The van der Waals surface area contributed by atoms with Crippen molar-refractivity contribution < 1.29 is 9.59 Å². The number of carbonyl (C=O) groups excluding carboxylic acids is 2. The normalized spacial score (nSPS) is 25.9. The van der Waals surface area contributed by atoms with Crippen LogP contribution in [0.25, 0.3) is 0 Å². The van der Waals surface area contributed by atoms with Gasteiger partial charge in [-0.15, -0.1) is 0 Å². The van der Waals surface area contributed by atoms with Gasteiger partial charge in [0.05, 0.1) is 5.69 Å². The van der Waals surface area contributed by atoms with Crippen LogP contribution in [0, 0.1) is 25.7 Å². The van der Waals surface area contributed by atoms with E-state index in [-0.39, 0.29) is 17.9 Å². The molecule has 1 aromatic heterocycles. The Labute approximate surface area is 155 Å². The lowest BCUT2D eigenvalue weighted by Gasteiger charge is -2.36. The topological polar surface area (TPSA) is 58.4 Å². The average Bonchev–Trinajstić information content (AvgIpc) is 2.75. The van der Waals surface area contributed by atoms with E-state index in [1.54, 1.807) is 0 Å². The fraction of sp³-hybridized carbons (Fsp3) is 0.750. The van der Waals surface area contributed by atoms with Gasteiger partial charge in [0.15, 0.2) is 0 Å². The van der Waals surface area contributed by atoms with Crippen molar-refractivity contribution in [2.75, 3.05) is 19.6 Å². The summed E-state index contributed by atoms with van der Waals surface area (Å²) in [5.74, 6) is 1.24. The highest BCUT2D eigenvalue weighted by Gasteiger charge is 2.40. The first-order chi connectivity index (χ1) is 12.5. The van der Waals surface area contributed by atoms with E-state index in [1.165, 1.54) is 6.42 Å². The van der Waals surface area contributed by atoms with Crippen molar-refractivity contribution in [1.29, 1.82) is 0 Å². The molecular formula is C20H30N4O2. The van der Waals surface area contributed by atoms with Gasteiger partial charge >= 0.3 is 0 Å². The Morgan fingerprint density at radius 2 is 1.92 bits per heavy atom. The zero-order valence-electron chi connectivity index (χ0n) is 16.0. The van der Waals surface area contributed by atoms with E-state index in [2.05, 4.69) is 14.9 Å². The summed E-state index contributed by atoms with van der Waals surface area (Å²) < 4.78 is 1.93. The highest BCUT2D eigenvalue weighted by Crippen LogP contribution is 2.33. The van der Waals surface area contributed by atoms with Crippen LogP contribution in [0.5, 0.6) is 0 Å². The number of rotatable bonds is 4. The van der Waals surface area contributed by atoms with Crippen LogP contribution in [0.3, 0.4) is 0 Å². The van der Waals surface area contributed by atoms with Gasteiger partial charge in [-0.25, -0.2) is 0 Å². The maximum atomic E-state index is 12.9. The molecule has 3 saturated heterocycles. The summed E-state index contributed by atoms with van der Waals surface area (Å²) in [5, 5.41) is 4.46. The highest BCUT2D eigenvalue weighted by atomic mass is 16.2. The third kappa shape index (κ3) is 3.38. The van der Waals surface area contributed by atoms with Crippen LogP contribution >= 0.6 is 0 Å². The minimum atomic E-state index is 0.200. The zero-order chi connectivity index (χ0) is 18.3. The Bertz CT molecular complexity index is 694. The molecule has 2 amide bonds. The van der Waals surface area contributed by atoms with Crippen LogP contribution in [-0.2, 0) is 16.1 Å². The molecule has 5 rings (SSSR count). The summed E-state index contributed by atoms with van der Waals surface area (Å²) >= 11 is 0. The zero-order valence-corrected chi connectivity index (χ0v) is 16.0. The molecule has 0 radical (unpaired) electrons. The van der Waals surface area contributed by atoms with Crippen molar-refractivity contribution in [2.24, 2.45) is 11.8 Å². The number of fused-ring (bicyclic) bond motifs is 4. The molecule has 4 aliphatic rings. The van der Waals surface area contributed by atoms with E-state index in [1.807, 2.05) is 24.6 Å². The highest BCUT2D eigenvalue weighted by molar-refractivity contribution is 5.80. The van der Waals surface area contributed by atoms with Crippen molar-refractivity contribution in [3.05, 3.63) is 17.5 Å². The van der Waals surface area contributed by atoms with Crippen molar-refractivity contribution in [3.63, 3.8) is 0 Å². The smallest absolute Gasteiger partial charge is 0.225 e. The van der Waals surface area contributed by atoms with Gasteiger partial charge in [0.1, 0.15) is 0 Å². The average molecular weight is 358 g/mol. The van der Waals surface area contributed by atoms with Crippen LogP contribution in [-0.4, -0.2) is 57.1 Å². The van der Waals surface area contributed by atoms with Crippen molar-refractivity contribution in [1.82, 2.24) is 19.6 Å². The van der Waals surface area contributed by atoms with Crippen molar-refractivity contribution >= 4 is 11.8 Å². The third-order valence-electron chi connectivity index (χ3n) is 6.44. The molecule has 26 heavy (non-hydrogen) atoms. The summed E-state index contributed by atoms with van der Waals surface area (Å²) in [6.45, 7) is 7.03. The number of aryl methyl sites for hydroxylation is 3. The molecule has 1 aromatic rings. The summed E-state index contributed by atoms with van der Waals surface area (Å²) in [5.41, 5.74) is 2.10. The monoisotopic (exact) mass is 358 g/mol. The van der Waals surface area contributed by atoms with Crippen LogP contribution in [0.15, 0.2) is 6.07 Å². The van der Waals surface area contributed by atoms with E-state index in [0.29, 0.717) is 24.8 Å². The van der Waals surface area contributed by atoms with Gasteiger partial charge in [0.25, 0.3) is 0 Å². The number of nitrogens with zero attached hydrogens (tertiary/aromatic N) is 4. The lowest BCUT2D eigenvalue weighted by Crippen LogP contribution is -2.48. The molecule has 6 heteroatoms. The second-order valence-corrected chi connectivity index (χ2v) is 8.41. The van der Waals surface area contributed by atoms with Crippen LogP contribution < -0.4 is 0 Å². The minimum Gasteiger partial charge on any atom is -0.340 e. The Morgan fingerprint density at radius 1 is 1.12 bits per heavy atom. The Morgan fingerprint density at radius 3 is 2.58 bits per heavy atom. The maximum absolute atomic E-state index is 12.9. The van der Waals surface area contributed by atoms with E-state index in [9.17, 15) is 9.59 Å². The van der Waals surface area contributed by atoms with Gasteiger partial charge < -0.3 is 9.80 Å². The molecule has 4 heterocycles. The van der Waals surface area contributed by atoms with Gasteiger partial charge in [-0.3, -0.25) is 14.3 Å². The molecule has 1 saturated carbocycles. The standard InChI is InChI=1S/C20H30N4O2/c1-14-10-15(2)24(21-14)9-8-19(25)23-12-16-6-7-18(23)13-22(11-16)20(26)17-4-3-5-17/h10,16-18H,3-9,11-13H2,1-2H3/t16-,18+/m0/s1. The van der Waals surface area contributed by atoms with E-state index in [0.717, 1.165) is 56.7 Å². The number of hydrogen-bond donors (Lipinski definition) is 0. The van der Waals surface area contributed by atoms with Gasteiger partial charge in [-0.1, -0.05) is 6.42 Å². The molecule has 0 spiro atoms. The SMILES string of the molecule is Cc1cc(C)n(CCC(=O)N2C[C@H]3CC[C@@H]2CN(C(=O)C2CCC2)C3)n1. The molecule has 6 nitrogen and oxygen atoms in total. The van der Waals surface area contributed by atoms with Gasteiger partial charge in [-0.2, -0.15) is 5.10 Å². The summed E-state index contributed by atoms with van der Waals surface area (Å²) in [7, 11) is 0. The van der Waals surface area contributed by atoms with Crippen molar-refractivity contribution in [3.8, 4) is 0 Å². The number of piperidine rings is 1. The van der Waals surface area contributed by atoms with E-state index >= 15 is 0 Å². The second kappa shape index (κ2) is 7.05. The van der Waals surface area contributed by atoms with Crippen LogP contribution in [0.4, 0.5) is 0 Å². The van der Waals surface area contributed by atoms with Crippen LogP contribution in [0.2, 0.25) is 0 Å². The van der Waals surface area contributed by atoms with Crippen LogP contribution in [0.1, 0.15) is 49.9 Å². The fourth-order valence-electron chi connectivity index (χ4n) is 4.73. The predicted molar refractivity (Wildman–Crippen MR) is 98.5 cm³/mol. The first kappa shape index (κ1) is 17.6. The van der Waals surface area contributed by atoms with Gasteiger partial charge in [0, 0.05) is 50.3 Å². The number of hydrogen-bond acceptors (Lipinski definition) is 3. The molecule has 142 valence electrons.